The van der Waals surface area contributed by atoms with E-state index in [1.165, 1.54) is 10.9 Å². The lowest BCUT2D eigenvalue weighted by molar-refractivity contribution is -0.00752. The van der Waals surface area contributed by atoms with Gasteiger partial charge in [0.15, 0.2) is 0 Å². The molecule has 4 heteroatoms. The van der Waals surface area contributed by atoms with Crippen LogP contribution in [0.25, 0.3) is 10.9 Å². The Balaban J connectivity index is 2.15. The lowest BCUT2D eigenvalue weighted by Crippen LogP contribution is -2.23. The molecule has 0 saturated carbocycles. The maximum Gasteiger partial charge on any atom is 0.0841 e. The highest BCUT2D eigenvalue weighted by Gasteiger charge is 2.12. The lowest BCUT2D eigenvalue weighted by atomic mass is 10.2. The zero-order valence-corrected chi connectivity index (χ0v) is 13.8. The molecule has 2 rings (SSSR count). The Morgan fingerprint density at radius 3 is 2.62 bits per heavy atom. The van der Waals surface area contributed by atoms with Gasteiger partial charge in [0.05, 0.1) is 30.0 Å². The summed E-state index contributed by atoms with van der Waals surface area (Å²) in [5, 5.41) is 9.42. The van der Waals surface area contributed by atoms with Crippen LogP contribution in [0.2, 0.25) is 0 Å². The van der Waals surface area contributed by atoms with Gasteiger partial charge in [-0.1, -0.05) is 32.0 Å². The van der Waals surface area contributed by atoms with Crippen LogP contribution in [0.4, 0.5) is 0 Å². The van der Waals surface area contributed by atoms with Gasteiger partial charge < -0.3 is 10.1 Å². The van der Waals surface area contributed by atoms with Gasteiger partial charge in [0, 0.05) is 18.0 Å². The number of fused-ring (bicyclic) bond motifs is 1. The number of nitrogens with one attached hydrogen (secondary N) is 1. The Hall–Kier alpha value is -1.39. The van der Waals surface area contributed by atoms with E-state index < -0.39 is 0 Å². The zero-order chi connectivity index (χ0) is 15.5. The van der Waals surface area contributed by atoms with E-state index in [0.717, 1.165) is 18.8 Å². The molecule has 1 aromatic carbocycles. The largest absolute Gasteiger partial charge is 0.374 e. The van der Waals surface area contributed by atoms with Crippen molar-refractivity contribution >= 4 is 10.9 Å². The van der Waals surface area contributed by atoms with Crippen molar-refractivity contribution in [1.29, 1.82) is 0 Å². The van der Waals surface area contributed by atoms with Gasteiger partial charge in [0.25, 0.3) is 0 Å². The van der Waals surface area contributed by atoms with Gasteiger partial charge in [-0.15, -0.1) is 0 Å². The van der Waals surface area contributed by atoms with Gasteiger partial charge in [-0.05, 0) is 26.8 Å². The standard InChI is InChI=1S/C17H27N3O/c1-13(2)18-12-15-14-8-6-7-9-16(14)20(19-15)10-11-21-17(3,4)5/h6-9,13,18H,10-12H2,1-5H3. The molecular weight excluding hydrogens is 262 g/mol. The van der Waals surface area contributed by atoms with E-state index >= 15 is 0 Å². The first-order valence-corrected chi connectivity index (χ1v) is 7.68. The summed E-state index contributed by atoms with van der Waals surface area (Å²) in [6.45, 7) is 12.8. The summed E-state index contributed by atoms with van der Waals surface area (Å²) in [6, 6.07) is 8.85. The maximum atomic E-state index is 5.81. The fraction of sp³-hybridized carbons (Fsp3) is 0.588. The monoisotopic (exact) mass is 289 g/mol. The van der Waals surface area contributed by atoms with Crippen molar-refractivity contribution in [2.75, 3.05) is 6.61 Å². The number of aromatic nitrogens is 2. The van der Waals surface area contributed by atoms with Crippen LogP contribution >= 0.6 is 0 Å². The van der Waals surface area contributed by atoms with Crippen molar-refractivity contribution in [1.82, 2.24) is 15.1 Å². The number of hydrogen-bond acceptors (Lipinski definition) is 3. The molecule has 0 aliphatic rings. The number of nitrogens with zero attached hydrogens (tertiary/aromatic N) is 2. The molecule has 0 amide bonds. The third-order valence-electron chi connectivity index (χ3n) is 3.25. The summed E-state index contributed by atoms with van der Waals surface area (Å²) >= 11 is 0. The number of benzene rings is 1. The Bertz CT molecular complexity index is 581. The molecule has 2 aromatic rings. The van der Waals surface area contributed by atoms with Crippen LogP contribution in [0.3, 0.4) is 0 Å². The highest BCUT2D eigenvalue weighted by Crippen LogP contribution is 2.18. The van der Waals surface area contributed by atoms with E-state index in [-0.39, 0.29) is 5.60 Å². The third-order valence-corrected chi connectivity index (χ3v) is 3.25. The Morgan fingerprint density at radius 1 is 1.24 bits per heavy atom. The van der Waals surface area contributed by atoms with Crippen molar-refractivity contribution in [3.8, 4) is 0 Å². The van der Waals surface area contributed by atoms with Crippen molar-refractivity contribution < 1.29 is 4.74 Å². The van der Waals surface area contributed by atoms with Crippen molar-refractivity contribution in [3.63, 3.8) is 0 Å². The minimum Gasteiger partial charge on any atom is -0.374 e. The van der Waals surface area contributed by atoms with Crippen LogP contribution in [-0.4, -0.2) is 28.0 Å². The van der Waals surface area contributed by atoms with E-state index in [1.807, 2.05) is 0 Å². The summed E-state index contributed by atoms with van der Waals surface area (Å²) in [6.07, 6.45) is 0. The molecule has 0 aliphatic heterocycles. The van der Waals surface area contributed by atoms with Crippen LogP contribution in [-0.2, 0) is 17.8 Å². The van der Waals surface area contributed by atoms with Crippen molar-refractivity contribution in [2.24, 2.45) is 0 Å². The lowest BCUT2D eigenvalue weighted by Gasteiger charge is -2.19. The predicted octanol–water partition coefficient (Wildman–Crippen LogP) is 3.35. The van der Waals surface area contributed by atoms with Crippen LogP contribution < -0.4 is 5.32 Å². The second kappa shape index (κ2) is 6.58. The second-order valence-electron chi connectivity index (χ2n) is 6.68. The van der Waals surface area contributed by atoms with Gasteiger partial charge in [-0.2, -0.15) is 5.10 Å². The van der Waals surface area contributed by atoms with E-state index in [2.05, 4.69) is 68.9 Å². The van der Waals surface area contributed by atoms with Crippen LogP contribution in [0.1, 0.15) is 40.3 Å². The zero-order valence-electron chi connectivity index (χ0n) is 13.8. The molecule has 1 aromatic heterocycles. The smallest absolute Gasteiger partial charge is 0.0841 e. The summed E-state index contributed by atoms with van der Waals surface area (Å²) in [7, 11) is 0. The quantitative estimate of drug-likeness (QED) is 0.886. The fourth-order valence-electron chi connectivity index (χ4n) is 2.24. The number of ether oxygens (including phenoxy) is 1. The molecule has 21 heavy (non-hydrogen) atoms. The molecule has 0 saturated heterocycles. The molecule has 1 N–H and O–H groups in total. The predicted molar refractivity (Wildman–Crippen MR) is 87.4 cm³/mol. The summed E-state index contributed by atoms with van der Waals surface area (Å²) < 4.78 is 7.87. The first-order valence-electron chi connectivity index (χ1n) is 7.68. The number of rotatable bonds is 6. The summed E-state index contributed by atoms with van der Waals surface area (Å²) in [5.41, 5.74) is 2.18. The molecule has 0 bridgehead atoms. The average Bonchev–Trinajstić information content (AvgIpc) is 2.74. The second-order valence-corrected chi connectivity index (χ2v) is 6.68. The molecule has 0 radical (unpaired) electrons. The molecule has 116 valence electrons. The van der Waals surface area contributed by atoms with E-state index in [4.69, 9.17) is 9.84 Å². The minimum absolute atomic E-state index is 0.106. The maximum absolute atomic E-state index is 5.81. The Kier molecular flexibility index (Phi) is 5.01. The normalized spacial score (nSPS) is 12.5. The highest BCUT2D eigenvalue weighted by atomic mass is 16.5. The Morgan fingerprint density at radius 2 is 1.95 bits per heavy atom. The first-order chi connectivity index (χ1) is 9.87. The van der Waals surface area contributed by atoms with Crippen LogP contribution in [0.5, 0.6) is 0 Å². The fourth-order valence-corrected chi connectivity index (χ4v) is 2.24. The molecule has 0 fully saturated rings. The van der Waals surface area contributed by atoms with E-state index in [1.54, 1.807) is 0 Å². The molecular formula is C17H27N3O. The Labute approximate surface area is 127 Å². The summed E-state index contributed by atoms with van der Waals surface area (Å²) in [5.74, 6) is 0. The van der Waals surface area contributed by atoms with Crippen LogP contribution in [0, 0.1) is 0 Å². The molecule has 4 nitrogen and oxygen atoms in total. The number of para-hydroxylation sites is 1. The SMILES string of the molecule is CC(C)NCc1nn(CCOC(C)(C)C)c2ccccc12. The van der Waals surface area contributed by atoms with Crippen molar-refractivity contribution in [3.05, 3.63) is 30.0 Å². The molecule has 0 unspecified atom stereocenters. The summed E-state index contributed by atoms with van der Waals surface area (Å²) in [4.78, 5) is 0. The topological polar surface area (TPSA) is 39.1 Å². The van der Waals surface area contributed by atoms with Crippen LogP contribution in [0.15, 0.2) is 24.3 Å². The molecule has 0 atom stereocenters. The van der Waals surface area contributed by atoms with Gasteiger partial charge >= 0.3 is 0 Å². The third kappa shape index (κ3) is 4.55. The molecule has 0 aliphatic carbocycles. The molecule has 0 spiro atoms. The van der Waals surface area contributed by atoms with Crippen molar-refractivity contribution in [2.45, 2.75) is 59.4 Å². The van der Waals surface area contributed by atoms with E-state index in [0.29, 0.717) is 12.6 Å². The van der Waals surface area contributed by atoms with Gasteiger partial charge in [-0.3, -0.25) is 4.68 Å². The van der Waals surface area contributed by atoms with Gasteiger partial charge in [0.2, 0.25) is 0 Å². The van der Waals surface area contributed by atoms with Gasteiger partial charge in [0.1, 0.15) is 0 Å². The van der Waals surface area contributed by atoms with Gasteiger partial charge in [-0.25, -0.2) is 0 Å². The highest BCUT2D eigenvalue weighted by molar-refractivity contribution is 5.81. The van der Waals surface area contributed by atoms with E-state index in [9.17, 15) is 0 Å². The number of hydrogen-bond donors (Lipinski definition) is 1. The average molecular weight is 289 g/mol. The first kappa shape index (κ1) is 16.0. The molecule has 1 heterocycles. The minimum atomic E-state index is -0.106.